The van der Waals surface area contributed by atoms with Crippen LogP contribution >= 0.6 is 11.6 Å². The van der Waals surface area contributed by atoms with Crippen LogP contribution in [0.1, 0.15) is 11.1 Å². The minimum absolute atomic E-state index is 0.225. The van der Waals surface area contributed by atoms with Gasteiger partial charge in [-0.15, -0.1) is 0 Å². The van der Waals surface area contributed by atoms with E-state index in [0.29, 0.717) is 28.7 Å². The molecule has 0 saturated carbocycles. The Morgan fingerprint density at radius 1 is 0.926 bits per heavy atom. The summed E-state index contributed by atoms with van der Waals surface area (Å²) in [4.78, 5) is 23.5. The lowest BCUT2D eigenvalue weighted by atomic mass is 10.1. The third-order valence-electron chi connectivity index (χ3n) is 3.62. The Balaban J connectivity index is 2.23. The summed E-state index contributed by atoms with van der Waals surface area (Å²) >= 11 is 5.87. The fraction of sp³-hybridized carbons (Fsp3) is 0.200. The maximum Gasteiger partial charge on any atom is 0.345 e. The van der Waals surface area contributed by atoms with E-state index in [1.807, 2.05) is 12.1 Å². The summed E-state index contributed by atoms with van der Waals surface area (Å²) in [5, 5.41) is 0.652. The lowest BCUT2D eigenvalue weighted by molar-refractivity contribution is -0.143. The Bertz CT molecular complexity index is 824. The van der Waals surface area contributed by atoms with Gasteiger partial charge in [0.05, 0.1) is 21.3 Å². The molecule has 2 aromatic rings. The number of carbonyl (C=O) groups excluding carboxylic acids is 2. The van der Waals surface area contributed by atoms with E-state index in [2.05, 4.69) is 9.47 Å². The molecule has 0 aliphatic rings. The summed E-state index contributed by atoms with van der Waals surface area (Å²) < 4.78 is 20.3. The molecule has 0 radical (unpaired) electrons. The van der Waals surface area contributed by atoms with Crippen LogP contribution in [0.3, 0.4) is 0 Å². The molecule has 0 N–H and O–H groups in total. The molecular weight excluding hydrogens is 372 g/mol. The fourth-order valence-electron chi connectivity index (χ4n) is 2.22. The van der Waals surface area contributed by atoms with Crippen LogP contribution < -0.4 is 9.47 Å². The SMILES string of the molecule is COC(=O)C(=Cc1ccc(OCc2ccc(Cl)cc2)c(OC)c1)C(=O)OC. The van der Waals surface area contributed by atoms with Crippen LogP contribution in [0.25, 0.3) is 6.08 Å². The monoisotopic (exact) mass is 390 g/mol. The molecular formula is C20H19ClO6. The van der Waals surface area contributed by atoms with Gasteiger partial charge in [-0.05, 0) is 41.5 Å². The van der Waals surface area contributed by atoms with E-state index in [9.17, 15) is 9.59 Å². The van der Waals surface area contributed by atoms with E-state index in [1.165, 1.54) is 27.4 Å². The van der Waals surface area contributed by atoms with E-state index >= 15 is 0 Å². The maximum atomic E-state index is 11.8. The van der Waals surface area contributed by atoms with Crippen molar-refractivity contribution in [3.63, 3.8) is 0 Å². The summed E-state index contributed by atoms with van der Waals surface area (Å²) in [6.07, 6.45) is 1.36. The number of hydrogen-bond donors (Lipinski definition) is 0. The van der Waals surface area contributed by atoms with Gasteiger partial charge in [0, 0.05) is 5.02 Å². The maximum absolute atomic E-state index is 11.8. The van der Waals surface area contributed by atoms with E-state index in [1.54, 1.807) is 30.3 Å². The van der Waals surface area contributed by atoms with Crippen molar-refractivity contribution in [2.45, 2.75) is 6.61 Å². The van der Waals surface area contributed by atoms with Crippen molar-refractivity contribution >= 4 is 29.6 Å². The van der Waals surface area contributed by atoms with E-state index < -0.39 is 11.9 Å². The summed E-state index contributed by atoms with van der Waals surface area (Å²) in [5.74, 6) is -0.609. The molecule has 0 aliphatic heterocycles. The zero-order valence-electron chi connectivity index (χ0n) is 15.2. The first-order chi connectivity index (χ1) is 13.0. The number of halogens is 1. The van der Waals surface area contributed by atoms with Gasteiger partial charge in [0.25, 0.3) is 0 Å². The van der Waals surface area contributed by atoms with Crippen molar-refractivity contribution in [1.82, 2.24) is 0 Å². The number of esters is 2. The molecule has 0 aliphatic carbocycles. The highest BCUT2D eigenvalue weighted by atomic mass is 35.5. The van der Waals surface area contributed by atoms with E-state index in [-0.39, 0.29) is 5.57 Å². The average molecular weight is 391 g/mol. The molecule has 7 heteroatoms. The van der Waals surface area contributed by atoms with E-state index in [4.69, 9.17) is 21.1 Å². The molecule has 0 unspecified atom stereocenters. The van der Waals surface area contributed by atoms with Crippen LogP contribution in [0.4, 0.5) is 0 Å². The minimum atomic E-state index is -0.788. The number of carbonyl (C=O) groups is 2. The lowest BCUT2D eigenvalue weighted by Crippen LogP contribution is -2.15. The van der Waals surface area contributed by atoms with Gasteiger partial charge in [0.15, 0.2) is 11.5 Å². The normalized spacial score (nSPS) is 9.93. The van der Waals surface area contributed by atoms with Crippen molar-refractivity contribution < 1.29 is 28.5 Å². The standard InChI is InChI=1S/C20H19ClO6/c1-24-18-11-14(10-16(19(22)25-2)20(23)26-3)6-9-17(18)27-12-13-4-7-15(21)8-5-13/h4-11H,12H2,1-3H3. The first-order valence-corrected chi connectivity index (χ1v) is 8.30. The summed E-state index contributed by atoms with van der Waals surface area (Å²) in [6, 6.07) is 12.3. The number of rotatable bonds is 7. The van der Waals surface area contributed by atoms with Crippen LogP contribution in [0.2, 0.25) is 5.02 Å². The molecule has 2 aromatic carbocycles. The molecule has 0 atom stereocenters. The third kappa shape index (κ3) is 5.49. The van der Waals surface area contributed by atoms with Crippen LogP contribution in [-0.2, 0) is 25.7 Å². The van der Waals surface area contributed by atoms with Crippen molar-refractivity contribution in [2.75, 3.05) is 21.3 Å². The van der Waals surface area contributed by atoms with Gasteiger partial charge in [0.1, 0.15) is 12.2 Å². The second-order valence-electron chi connectivity index (χ2n) is 5.37. The third-order valence-corrected chi connectivity index (χ3v) is 3.87. The summed E-state index contributed by atoms with van der Waals surface area (Å²) in [6.45, 7) is 0.332. The molecule has 0 heterocycles. The van der Waals surface area contributed by atoms with Crippen molar-refractivity contribution in [1.29, 1.82) is 0 Å². The first-order valence-electron chi connectivity index (χ1n) is 7.92. The largest absolute Gasteiger partial charge is 0.493 e. The highest BCUT2D eigenvalue weighted by Gasteiger charge is 2.20. The zero-order valence-corrected chi connectivity index (χ0v) is 15.9. The van der Waals surface area contributed by atoms with E-state index in [0.717, 1.165) is 5.56 Å². The molecule has 0 bridgehead atoms. The molecule has 2 rings (SSSR count). The first kappa shape index (κ1) is 20.3. The highest BCUT2D eigenvalue weighted by molar-refractivity contribution is 6.30. The predicted molar refractivity (Wildman–Crippen MR) is 101 cm³/mol. The molecule has 0 aromatic heterocycles. The second kappa shape index (κ2) is 9.64. The quantitative estimate of drug-likeness (QED) is 0.311. The Morgan fingerprint density at radius 2 is 1.56 bits per heavy atom. The van der Waals surface area contributed by atoms with Gasteiger partial charge in [0.2, 0.25) is 0 Å². The van der Waals surface area contributed by atoms with Crippen LogP contribution in [0.5, 0.6) is 11.5 Å². The van der Waals surface area contributed by atoms with Gasteiger partial charge in [-0.1, -0.05) is 29.8 Å². The molecule has 142 valence electrons. The Hall–Kier alpha value is -2.99. The topological polar surface area (TPSA) is 71.1 Å². The summed E-state index contributed by atoms with van der Waals surface area (Å²) in [7, 11) is 3.88. The Kier molecular flexibility index (Phi) is 7.25. The number of hydrogen-bond acceptors (Lipinski definition) is 6. The van der Waals surface area contributed by atoms with Gasteiger partial charge in [-0.3, -0.25) is 0 Å². The minimum Gasteiger partial charge on any atom is -0.493 e. The van der Waals surface area contributed by atoms with Crippen LogP contribution in [0.15, 0.2) is 48.0 Å². The van der Waals surface area contributed by atoms with Crippen molar-refractivity contribution in [3.8, 4) is 11.5 Å². The number of ether oxygens (including phenoxy) is 4. The number of benzene rings is 2. The summed E-state index contributed by atoms with van der Waals surface area (Å²) in [5.41, 5.74) is 1.28. The fourth-order valence-corrected chi connectivity index (χ4v) is 2.35. The molecule has 6 nitrogen and oxygen atoms in total. The molecule has 0 fully saturated rings. The zero-order chi connectivity index (χ0) is 19.8. The van der Waals surface area contributed by atoms with Crippen LogP contribution in [-0.4, -0.2) is 33.3 Å². The number of methoxy groups -OCH3 is 3. The van der Waals surface area contributed by atoms with Gasteiger partial charge >= 0.3 is 11.9 Å². The Morgan fingerprint density at radius 3 is 2.11 bits per heavy atom. The highest BCUT2D eigenvalue weighted by Crippen LogP contribution is 2.30. The van der Waals surface area contributed by atoms with Gasteiger partial charge in [-0.25, -0.2) is 9.59 Å². The van der Waals surface area contributed by atoms with Gasteiger partial charge < -0.3 is 18.9 Å². The van der Waals surface area contributed by atoms with Gasteiger partial charge in [-0.2, -0.15) is 0 Å². The molecule has 27 heavy (non-hydrogen) atoms. The van der Waals surface area contributed by atoms with Crippen molar-refractivity contribution in [2.24, 2.45) is 0 Å². The molecule has 0 spiro atoms. The molecule has 0 amide bonds. The van der Waals surface area contributed by atoms with Crippen molar-refractivity contribution in [3.05, 3.63) is 64.2 Å². The molecule has 0 saturated heterocycles. The predicted octanol–water partition coefficient (Wildman–Crippen LogP) is 3.66. The Labute approximate surface area is 162 Å². The lowest BCUT2D eigenvalue weighted by Gasteiger charge is -2.12. The smallest absolute Gasteiger partial charge is 0.345 e. The second-order valence-corrected chi connectivity index (χ2v) is 5.80. The van der Waals surface area contributed by atoms with Crippen LogP contribution in [0, 0.1) is 0 Å². The average Bonchev–Trinajstić information content (AvgIpc) is 2.70.